The van der Waals surface area contributed by atoms with Gasteiger partial charge in [-0.2, -0.15) is 0 Å². The maximum Gasteiger partial charge on any atom is 0.309 e. The quantitative estimate of drug-likeness (QED) is 0.618. The van der Waals surface area contributed by atoms with E-state index in [2.05, 4.69) is 57.6 Å². The van der Waals surface area contributed by atoms with E-state index < -0.39 is 11.8 Å². The molecule has 0 radical (unpaired) electrons. The van der Waals surface area contributed by atoms with Crippen molar-refractivity contribution in [1.82, 2.24) is 20.4 Å². The zero-order valence-corrected chi connectivity index (χ0v) is 20.8. The molecule has 0 spiro atoms. The molecule has 34 heavy (non-hydrogen) atoms. The molecule has 0 bridgehead atoms. The second-order valence-corrected chi connectivity index (χ2v) is 9.72. The highest BCUT2D eigenvalue weighted by atomic mass is 35.5. The molecule has 182 valence electrons. The predicted molar refractivity (Wildman–Crippen MR) is 136 cm³/mol. The highest BCUT2D eigenvalue weighted by molar-refractivity contribution is 6.35. The first-order valence-corrected chi connectivity index (χ1v) is 12.4. The molecule has 1 fully saturated rings. The van der Waals surface area contributed by atoms with Crippen LogP contribution in [0.4, 0.5) is 5.69 Å². The van der Waals surface area contributed by atoms with Crippen LogP contribution in [0, 0.1) is 0 Å². The maximum atomic E-state index is 12.6. The van der Waals surface area contributed by atoms with Crippen LogP contribution >= 0.6 is 11.6 Å². The highest BCUT2D eigenvalue weighted by Crippen LogP contribution is 2.31. The van der Waals surface area contributed by atoms with Crippen LogP contribution in [-0.4, -0.2) is 75.0 Å². The lowest BCUT2D eigenvalue weighted by atomic mass is 9.95. The van der Waals surface area contributed by atoms with Gasteiger partial charge in [-0.05, 0) is 54.8 Å². The highest BCUT2D eigenvalue weighted by Gasteiger charge is 2.26. The summed E-state index contributed by atoms with van der Waals surface area (Å²) < 4.78 is 0. The Hall–Kier alpha value is -2.61. The van der Waals surface area contributed by atoms with Crippen LogP contribution < -0.4 is 15.5 Å². The van der Waals surface area contributed by atoms with Gasteiger partial charge in [0.05, 0.1) is 6.04 Å². The number of carbonyl (C=O) groups excluding carboxylic acids is 2. The van der Waals surface area contributed by atoms with Crippen molar-refractivity contribution in [1.29, 1.82) is 0 Å². The summed E-state index contributed by atoms with van der Waals surface area (Å²) in [7, 11) is 4.27. The Morgan fingerprint density at radius 2 is 1.65 bits per heavy atom. The van der Waals surface area contributed by atoms with Gasteiger partial charge in [0.15, 0.2) is 0 Å². The van der Waals surface area contributed by atoms with Gasteiger partial charge >= 0.3 is 11.8 Å². The van der Waals surface area contributed by atoms with Crippen molar-refractivity contribution < 1.29 is 9.59 Å². The summed E-state index contributed by atoms with van der Waals surface area (Å²) >= 11 is 5.90. The molecule has 0 saturated carbocycles. The van der Waals surface area contributed by atoms with Gasteiger partial charge in [0.25, 0.3) is 0 Å². The first kappa shape index (κ1) is 24.5. The monoisotopic (exact) mass is 483 g/mol. The Bertz CT molecular complexity index is 1000. The van der Waals surface area contributed by atoms with Gasteiger partial charge in [-0.15, -0.1) is 0 Å². The Balaban J connectivity index is 1.42. The molecule has 0 aliphatic carbocycles. The molecular weight excluding hydrogens is 450 g/mol. The van der Waals surface area contributed by atoms with E-state index >= 15 is 0 Å². The average molecular weight is 484 g/mol. The lowest BCUT2D eigenvalue weighted by Crippen LogP contribution is -2.49. The van der Waals surface area contributed by atoms with Crippen LogP contribution in [0.15, 0.2) is 42.5 Å². The van der Waals surface area contributed by atoms with Gasteiger partial charge in [-0.25, -0.2) is 0 Å². The van der Waals surface area contributed by atoms with E-state index in [1.165, 1.54) is 16.8 Å². The van der Waals surface area contributed by atoms with Crippen molar-refractivity contribution in [3.8, 4) is 0 Å². The first-order chi connectivity index (χ1) is 16.4. The van der Waals surface area contributed by atoms with Crippen LogP contribution in [-0.2, 0) is 22.6 Å². The Morgan fingerprint density at radius 1 is 0.941 bits per heavy atom. The molecule has 2 aromatic carbocycles. The van der Waals surface area contributed by atoms with Crippen molar-refractivity contribution in [2.24, 2.45) is 0 Å². The first-order valence-electron chi connectivity index (χ1n) is 12.0. The number of nitrogens with one attached hydrogen (secondary N) is 2. The number of nitrogens with zero attached hydrogens (tertiary/aromatic N) is 3. The lowest BCUT2D eigenvalue weighted by molar-refractivity contribution is -0.139. The summed E-state index contributed by atoms with van der Waals surface area (Å²) in [5, 5.41) is 6.21. The third kappa shape index (κ3) is 6.09. The number of hydrogen-bond donors (Lipinski definition) is 2. The molecule has 2 aliphatic rings. The van der Waals surface area contributed by atoms with Crippen molar-refractivity contribution in [3.05, 3.63) is 64.2 Å². The standard InChI is InChI=1S/C26H34ClN5O2/c1-30-12-14-32(15-13-30)24(21-7-10-23-20(16-21)4-3-11-31(23)2)18-29-26(34)25(33)28-17-19-5-8-22(27)9-6-19/h5-10,16,24H,3-4,11-15,17-18H2,1-2H3,(H,28,33)(H,29,34)/t24-/m0/s1. The Labute approximate surface area is 207 Å². The van der Waals surface area contributed by atoms with E-state index in [1.807, 2.05) is 12.1 Å². The molecule has 1 saturated heterocycles. The van der Waals surface area contributed by atoms with E-state index in [-0.39, 0.29) is 12.6 Å². The topological polar surface area (TPSA) is 67.9 Å². The Morgan fingerprint density at radius 3 is 2.38 bits per heavy atom. The van der Waals surface area contributed by atoms with Crippen molar-refractivity contribution in [3.63, 3.8) is 0 Å². The Kier molecular flexibility index (Phi) is 8.08. The predicted octanol–water partition coefficient (Wildman–Crippen LogP) is 2.44. The third-order valence-electron chi connectivity index (χ3n) is 6.85. The van der Waals surface area contributed by atoms with E-state index in [0.29, 0.717) is 11.6 Å². The fourth-order valence-corrected chi connectivity index (χ4v) is 4.86. The van der Waals surface area contributed by atoms with Crippen LogP contribution in [0.25, 0.3) is 0 Å². The zero-order chi connectivity index (χ0) is 24.1. The SMILES string of the molecule is CN1CCN([C@@H](CNC(=O)C(=O)NCc2ccc(Cl)cc2)c2ccc3c(c2)CCCN3C)CC1. The molecule has 0 aromatic heterocycles. The number of halogens is 1. The number of amides is 2. The molecule has 2 aromatic rings. The second kappa shape index (κ2) is 11.2. The molecule has 1 atom stereocenters. The minimum atomic E-state index is -0.626. The molecule has 7 nitrogen and oxygen atoms in total. The number of anilines is 1. The van der Waals surface area contributed by atoms with Gasteiger partial charge in [0, 0.05) is 63.6 Å². The summed E-state index contributed by atoms with van der Waals surface area (Å²) in [4.78, 5) is 32.0. The van der Waals surface area contributed by atoms with Crippen LogP contribution in [0.3, 0.4) is 0 Å². The number of carbonyl (C=O) groups is 2. The van der Waals surface area contributed by atoms with Gasteiger partial charge in [-0.1, -0.05) is 35.9 Å². The second-order valence-electron chi connectivity index (χ2n) is 9.29. The largest absolute Gasteiger partial charge is 0.374 e. The summed E-state index contributed by atoms with van der Waals surface area (Å²) in [6.07, 6.45) is 2.22. The number of hydrogen-bond acceptors (Lipinski definition) is 5. The molecule has 2 aliphatic heterocycles. The average Bonchev–Trinajstić information content (AvgIpc) is 2.84. The molecule has 8 heteroatoms. The fraction of sp³-hybridized carbons (Fsp3) is 0.462. The molecule has 2 amide bonds. The number of benzene rings is 2. The maximum absolute atomic E-state index is 12.6. The summed E-state index contributed by atoms with van der Waals surface area (Å²) in [6.45, 7) is 5.58. The van der Waals surface area contributed by atoms with Crippen LogP contribution in [0.5, 0.6) is 0 Å². The summed E-state index contributed by atoms with van der Waals surface area (Å²) in [6, 6.07) is 13.9. The minimum Gasteiger partial charge on any atom is -0.374 e. The number of fused-ring (bicyclic) bond motifs is 1. The summed E-state index contributed by atoms with van der Waals surface area (Å²) in [5.74, 6) is -1.23. The van der Waals surface area contributed by atoms with E-state index in [9.17, 15) is 9.59 Å². The number of piperazine rings is 1. The van der Waals surface area contributed by atoms with Gasteiger partial charge in [-0.3, -0.25) is 14.5 Å². The molecule has 0 unspecified atom stereocenters. The van der Waals surface area contributed by atoms with Gasteiger partial charge in [0.2, 0.25) is 0 Å². The normalized spacial score (nSPS) is 17.7. The molecule has 2 N–H and O–H groups in total. The smallest absolute Gasteiger partial charge is 0.309 e. The van der Waals surface area contributed by atoms with E-state index in [0.717, 1.165) is 51.1 Å². The minimum absolute atomic E-state index is 0.0271. The van der Waals surface area contributed by atoms with Crippen molar-refractivity contribution >= 4 is 29.1 Å². The zero-order valence-electron chi connectivity index (χ0n) is 20.0. The van der Waals surface area contributed by atoms with Crippen molar-refractivity contribution in [2.75, 3.05) is 58.3 Å². The number of aryl methyl sites for hydroxylation is 1. The third-order valence-corrected chi connectivity index (χ3v) is 7.10. The van der Waals surface area contributed by atoms with E-state index in [1.54, 1.807) is 12.1 Å². The fourth-order valence-electron chi connectivity index (χ4n) is 4.74. The van der Waals surface area contributed by atoms with Crippen LogP contribution in [0.2, 0.25) is 5.02 Å². The molecular formula is C26H34ClN5O2. The van der Waals surface area contributed by atoms with Gasteiger partial charge in [0.1, 0.15) is 0 Å². The van der Waals surface area contributed by atoms with Crippen molar-refractivity contribution in [2.45, 2.75) is 25.4 Å². The molecule has 2 heterocycles. The van der Waals surface area contributed by atoms with Crippen LogP contribution in [0.1, 0.15) is 29.2 Å². The summed E-state index contributed by atoms with van der Waals surface area (Å²) in [5.41, 5.74) is 4.73. The number of likely N-dealkylation sites (N-methyl/N-ethyl adjacent to an activating group) is 1. The lowest BCUT2D eigenvalue weighted by Gasteiger charge is -2.39. The number of rotatable bonds is 6. The molecule has 4 rings (SSSR count). The van der Waals surface area contributed by atoms with Gasteiger partial charge < -0.3 is 20.4 Å². The van der Waals surface area contributed by atoms with E-state index in [4.69, 9.17) is 11.6 Å².